The molecule has 4 nitrogen and oxygen atoms in total. The Morgan fingerprint density at radius 2 is 1.70 bits per heavy atom. The molecule has 0 bridgehead atoms. The van der Waals surface area contributed by atoms with Crippen LogP contribution in [0.5, 0.6) is 11.5 Å². The molecule has 1 aromatic rings. The highest BCUT2D eigenvalue weighted by Crippen LogP contribution is 2.32. The molecule has 1 amide bonds. The number of hydrogen-bond acceptors (Lipinski definition) is 3. The Balaban J connectivity index is 3.50. The molecule has 0 aliphatic heterocycles. The second kappa shape index (κ2) is 7.58. The van der Waals surface area contributed by atoms with Crippen molar-refractivity contribution in [2.45, 2.75) is 20.8 Å². The van der Waals surface area contributed by atoms with Crippen LogP contribution in [0.3, 0.4) is 0 Å². The van der Waals surface area contributed by atoms with Crippen LogP contribution < -0.4 is 9.47 Å². The number of nitrogens with zero attached hydrogens (tertiary/aromatic N) is 1. The Morgan fingerprint density at radius 1 is 1.15 bits per heavy atom. The van der Waals surface area contributed by atoms with Crippen LogP contribution in [0, 0.1) is 0 Å². The zero-order valence-electron chi connectivity index (χ0n) is 12.9. The van der Waals surface area contributed by atoms with Crippen molar-refractivity contribution in [1.82, 2.24) is 4.90 Å². The Hall–Kier alpha value is -1.97. The molecule has 0 aliphatic rings. The number of allylic oxidation sites excluding steroid dienone is 1. The number of benzene rings is 1. The highest BCUT2D eigenvalue weighted by molar-refractivity contribution is 6.01. The number of ether oxygens (including phenoxy) is 2. The summed E-state index contributed by atoms with van der Waals surface area (Å²) in [6.45, 7) is 7.15. The first-order valence-electron chi connectivity index (χ1n) is 6.81. The summed E-state index contributed by atoms with van der Waals surface area (Å²) in [4.78, 5) is 14.5. The molecular weight excluding hydrogens is 254 g/mol. The zero-order valence-corrected chi connectivity index (χ0v) is 12.9. The van der Waals surface area contributed by atoms with Crippen LogP contribution in [0.2, 0.25) is 0 Å². The van der Waals surface area contributed by atoms with Gasteiger partial charge in [-0.3, -0.25) is 4.79 Å². The van der Waals surface area contributed by atoms with Gasteiger partial charge in [0.15, 0.2) is 0 Å². The van der Waals surface area contributed by atoms with Crippen molar-refractivity contribution in [1.29, 1.82) is 0 Å². The molecule has 1 aromatic carbocycles. The Bertz CT molecular complexity index is 491. The van der Waals surface area contributed by atoms with Crippen molar-refractivity contribution in [2.24, 2.45) is 0 Å². The van der Waals surface area contributed by atoms with Crippen molar-refractivity contribution in [3.8, 4) is 11.5 Å². The summed E-state index contributed by atoms with van der Waals surface area (Å²) in [7, 11) is 3.17. The molecule has 0 unspecified atom stereocenters. The maximum atomic E-state index is 12.7. The van der Waals surface area contributed by atoms with E-state index >= 15 is 0 Å². The predicted octanol–water partition coefficient (Wildman–Crippen LogP) is 3.22. The molecule has 110 valence electrons. The van der Waals surface area contributed by atoms with Gasteiger partial charge in [0.25, 0.3) is 5.91 Å². The third kappa shape index (κ3) is 3.13. The Morgan fingerprint density at radius 3 is 2.15 bits per heavy atom. The van der Waals surface area contributed by atoms with E-state index in [-0.39, 0.29) is 5.91 Å². The first-order valence-corrected chi connectivity index (χ1v) is 6.81. The van der Waals surface area contributed by atoms with Crippen molar-refractivity contribution in [2.75, 3.05) is 27.3 Å². The number of amides is 1. The van der Waals surface area contributed by atoms with Gasteiger partial charge in [0.2, 0.25) is 0 Å². The minimum atomic E-state index is -0.0427. The minimum Gasteiger partial charge on any atom is -0.496 e. The van der Waals surface area contributed by atoms with Gasteiger partial charge in [0.05, 0.1) is 19.8 Å². The quantitative estimate of drug-likeness (QED) is 0.801. The van der Waals surface area contributed by atoms with E-state index < -0.39 is 0 Å². The van der Waals surface area contributed by atoms with E-state index in [4.69, 9.17) is 9.47 Å². The average Bonchev–Trinajstić information content (AvgIpc) is 2.48. The third-order valence-corrected chi connectivity index (χ3v) is 3.20. The van der Waals surface area contributed by atoms with Crippen LogP contribution in [0.1, 0.15) is 36.7 Å². The molecule has 0 saturated carbocycles. The monoisotopic (exact) mass is 277 g/mol. The van der Waals surface area contributed by atoms with Crippen LogP contribution in [-0.2, 0) is 0 Å². The fraction of sp³-hybridized carbons (Fsp3) is 0.438. The van der Waals surface area contributed by atoms with Gasteiger partial charge in [-0.25, -0.2) is 0 Å². The molecule has 0 aromatic heterocycles. The standard InChI is InChI=1S/C16H23NO3/c1-6-9-12-13(19-4)10-11-14(20-5)15(12)16(18)17(7-2)8-3/h6,9-11H,7-8H2,1-5H3/b9-6-. The molecule has 0 aliphatic carbocycles. The summed E-state index contributed by atoms with van der Waals surface area (Å²) in [6.07, 6.45) is 3.76. The van der Waals surface area contributed by atoms with Gasteiger partial charge < -0.3 is 14.4 Å². The molecule has 0 heterocycles. The van der Waals surface area contributed by atoms with Crippen molar-refractivity contribution in [3.05, 3.63) is 29.3 Å². The van der Waals surface area contributed by atoms with Crippen molar-refractivity contribution in [3.63, 3.8) is 0 Å². The summed E-state index contributed by atoms with van der Waals surface area (Å²) < 4.78 is 10.7. The predicted molar refractivity (Wildman–Crippen MR) is 81.5 cm³/mol. The lowest BCUT2D eigenvalue weighted by Crippen LogP contribution is -2.31. The molecule has 0 saturated heterocycles. The van der Waals surface area contributed by atoms with E-state index in [0.29, 0.717) is 30.2 Å². The van der Waals surface area contributed by atoms with E-state index in [1.54, 1.807) is 25.2 Å². The van der Waals surface area contributed by atoms with Crippen LogP contribution in [0.15, 0.2) is 18.2 Å². The summed E-state index contributed by atoms with van der Waals surface area (Å²) in [5, 5.41) is 0. The summed E-state index contributed by atoms with van der Waals surface area (Å²) in [6, 6.07) is 3.58. The van der Waals surface area contributed by atoms with Crippen LogP contribution in [0.4, 0.5) is 0 Å². The molecule has 0 fully saturated rings. The van der Waals surface area contributed by atoms with E-state index in [1.165, 1.54) is 0 Å². The number of rotatable bonds is 6. The Labute approximate surface area is 121 Å². The van der Waals surface area contributed by atoms with Gasteiger partial charge >= 0.3 is 0 Å². The minimum absolute atomic E-state index is 0.0427. The number of carbonyl (C=O) groups is 1. The molecule has 0 atom stereocenters. The summed E-state index contributed by atoms with van der Waals surface area (Å²) >= 11 is 0. The van der Waals surface area contributed by atoms with Crippen molar-refractivity contribution >= 4 is 12.0 Å². The van der Waals surface area contributed by atoms with Gasteiger partial charge in [0.1, 0.15) is 11.5 Å². The fourth-order valence-electron chi connectivity index (χ4n) is 2.15. The lowest BCUT2D eigenvalue weighted by Gasteiger charge is -2.22. The second-order valence-corrected chi connectivity index (χ2v) is 4.24. The van der Waals surface area contributed by atoms with E-state index in [2.05, 4.69) is 0 Å². The highest BCUT2D eigenvalue weighted by atomic mass is 16.5. The van der Waals surface area contributed by atoms with Crippen LogP contribution >= 0.6 is 0 Å². The Kier molecular flexibility index (Phi) is 6.10. The van der Waals surface area contributed by atoms with Gasteiger partial charge in [-0.1, -0.05) is 12.2 Å². The number of methoxy groups -OCH3 is 2. The number of hydrogen-bond donors (Lipinski definition) is 0. The van der Waals surface area contributed by atoms with Gasteiger partial charge in [0, 0.05) is 18.7 Å². The fourth-order valence-corrected chi connectivity index (χ4v) is 2.15. The number of carbonyl (C=O) groups excluding carboxylic acids is 1. The lowest BCUT2D eigenvalue weighted by molar-refractivity contribution is 0.0769. The largest absolute Gasteiger partial charge is 0.496 e. The molecule has 20 heavy (non-hydrogen) atoms. The lowest BCUT2D eigenvalue weighted by atomic mass is 10.0. The molecule has 0 N–H and O–H groups in total. The van der Waals surface area contributed by atoms with Gasteiger partial charge in [-0.2, -0.15) is 0 Å². The molecule has 0 spiro atoms. The second-order valence-electron chi connectivity index (χ2n) is 4.24. The summed E-state index contributed by atoms with van der Waals surface area (Å²) in [5.41, 5.74) is 1.31. The molecule has 1 rings (SSSR count). The molecule has 4 heteroatoms. The molecular formula is C16H23NO3. The van der Waals surface area contributed by atoms with E-state index in [1.807, 2.05) is 39.0 Å². The zero-order chi connectivity index (χ0) is 15.1. The van der Waals surface area contributed by atoms with E-state index in [0.717, 1.165) is 5.56 Å². The van der Waals surface area contributed by atoms with Gasteiger partial charge in [-0.05, 0) is 32.9 Å². The first kappa shape index (κ1) is 16.1. The van der Waals surface area contributed by atoms with Crippen molar-refractivity contribution < 1.29 is 14.3 Å². The average molecular weight is 277 g/mol. The SMILES string of the molecule is C/C=C\c1c(OC)ccc(OC)c1C(=O)N(CC)CC. The van der Waals surface area contributed by atoms with Gasteiger partial charge in [-0.15, -0.1) is 0 Å². The summed E-state index contributed by atoms with van der Waals surface area (Å²) in [5.74, 6) is 1.19. The maximum absolute atomic E-state index is 12.7. The van der Waals surface area contributed by atoms with E-state index in [9.17, 15) is 4.79 Å². The molecule has 0 radical (unpaired) electrons. The topological polar surface area (TPSA) is 38.8 Å². The highest BCUT2D eigenvalue weighted by Gasteiger charge is 2.23. The van der Waals surface area contributed by atoms with Crippen LogP contribution in [-0.4, -0.2) is 38.1 Å². The van der Waals surface area contributed by atoms with Crippen LogP contribution in [0.25, 0.3) is 6.08 Å². The maximum Gasteiger partial charge on any atom is 0.258 e. The third-order valence-electron chi connectivity index (χ3n) is 3.20. The smallest absolute Gasteiger partial charge is 0.258 e. The first-order chi connectivity index (χ1) is 9.64. The normalized spacial score (nSPS) is 10.7.